The zero-order valence-corrected chi connectivity index (χ0v) is 14.2. The summed E-state index contributed by atoms with van der Waals surface area (Å²) in [5.74, 6) is 0.850. The maximum Gasteiger partial charge on any atom is 0.266 e. The number of benzene rings is 1. The number of aromatic nitrogens is 2. The van der Waals surface area contributed by atoms with Gasteiger partial charge < -0.3 is 15.5 Å². The van der Waals surface area contributed by atoms with Gasteiger partial charge in [0.1, 0.15) is 0 Å². The molecule has 0 bridgehead atoms. The maximum absolute atomic E-state index is 11.9. The van der Waals surface area contributed by atoms with Gasteiger partial charge in [-0.05, 0) is 47.8 Å². The summed E-state index contributed by atoms with van der Waals surface area (Å²) in [5.41, 5.74) is 2.04. The minimum atomic E-state index is -0.181. The van der Waals surface area contributed by atoms with E-state index in [4.69, 9.17) is 0 Å². The Bertz CT molecular complexity index is 798. The summed E-state index contributed by atoms with van der Waals surface area (Å²) in [5, 5.41) is 15.9. The summed E-state index contributed by atoms with van der Waals surface area (Å²) in [6, 6.07) is 15.1. The largest absolute Gasteiger partial charge is 0.378 e. The Kier molecular flexibility index (Phi) is 4.72. The zero-order valence-electron chi connectivity index (χ0n) is 13.4. The smallest absolute Gasteiger partial charge is 0.266 e. The van der Waals surface area contributed by atoms with Crippen LogP contribution in [-0.2, 0) is 0 Å². The Morgan fingerprint density at radius 3 is 2.29 bits per heavy atom. The molecular formula is C17H17N5OS. The summed E-state index contributed by atoms with van der Waals surface area (Å²) in [6.07, 6.45) is 0. The number of anilines is 4. The van der Waals surface area contributed by atoms with Crippen LogP contribution in [0.4, 0.5) is 23.0 Å². The van der Waals surface area contributed by atoms with E-state index >= 15 is 0 Å². The normalized spacial score (nSPS) is 10.2. The molecule has 122 valence electrons. The van der Waals surface area contributed by atoms with E-state index in [0.717, 1.165) is 11.4 Å². The third-order valence-electron chi connectivity index (χ3n) is 3.31. The standard InChI is InChI=1S/C17H17N5OS/c1-22(2)13-7-5-12(6-8-13)18-15-9-10-16(21-20-15)19-17(23)14-4-3-11-24-14/h3-11H,1-2H3,(H,18,20)(H,19,21,23). The van der Waals surface area contributed by atoms with Crippen LogP contribution in [0.25, 0.3) is 0 Å². The quantitative estimate of drug-likeness (QED) is 0.743. The molecule has 0 fully saturated rings. The second kappa shape index (κ2) is 7.10. The molecule has 1 aromatic carbocycles. The van der Waals surface area contributed by atoms with Crippen LogP contribution in [0.2, 0.25) is 0 Å². The number of thiophene rings is 1. The van der Waals surface area contributed by atoms with Crippen molar-refractivity contribution in [1.82, 2.24) is 10.2 Å². The molecule has 24 heavy (non-hydrogen) atoms. The SMILES string of the molecule is CN(C)c1ccc(Nc2ccc(NC(=O)c3cccs3)nn2)cc1. The van der Waals surface area contributed by atoms with Crippen molar-refractivity contribution in [1.29, 1.82) is 0 Å². The molecule has 0 saturated heterocycles. The topological polar surface area (TPSA) is 70.2 Å². The summed E-state index contributed by atoms with van der Waals surface area (Å²) in [7, 11) is 3.99. The number of hydrogen-bond acceptors (Lipinski definition) is 6. The van der Waals surface area contributed by atoms with Crippen molar-refractivity contribution in [2.24, 2.45) is 0 Å². The van der Waals surface area contributed by atoms with Crippen molar-refractivity contribution in [3.63, 3.8) is 0 Å². The van der Waals surface area contributed by atoms with Crippen molar-refractivity contribution in [3.8, 4) is 0 Å². The molecule has 6 nitrogen and oxygen atoms in total. The van der Waals surface area contributed by atoms with Crippen molar-refractivity contribution in [3.05, 3.63) is 58.8 Å². The lowest BCUT2D eigenvalue weighted by molar-refractivity contribution is 0.103. The van der Waals surface area contributed by atoms with Gasteiger partial charge in [0.15, 0.2) is 11.6 Å². The lowest BCUT2D eigenvalue weighted by Crippen LogP contribution is -2.12. The Morgan fingerprint density at radius 2 is 1.71 bits per heavy atom. The van der Waals surface area contributed by atoms with E-state index in [1.807, 2.05) is 54.7 Å². The molecule has 2 heterocycles. The van der Waals surface area contributed by atoms with Crippen molar-refractivity contribution < 1.29 is 4.79 Å². The predicted molar refractivity (Wildman–Crippen MR) is 98.4 cm³/mol. The first-order valence-electron chi connectivity index (χ1n) is 7.35. The number of carbonyl (C=O) groups excluding carboxylic acids is 1. The van der Waals surface area contributed by atoms with Gasteiger partial charge in [0, 0.05) is 25.5 Å². The maximum atomic E-state index is 11.9. The number of carbonyl (C=O) groups is 1. The van der Waals surface area contributed by atoms with Gasteiger partial charge in [-0.25, -0.2) is 0 Å². The van der Waals surface area contributed by atoms with Crippen LogP contribution in [0.3, 0.4) is 0 Å². The van der Waals surface area contributed by atoms with Gasteiger partial charge in [0.05, 0.1) is 4.88 Å². The summed E-state index contributed by atoms with van der Waals surface area (Å²) in [6.45, 7) is 0. The molecule has 3 aromatic rings. The molecule has 7 heteroatoms. The van der Waals surface area contributed by atoms with Gasteiger partial charge in [-0.15, -0.1) is 21.5 Å². The molecule has 2 aromatic heterocycles. The second-order valence-electron chi connectivity index (χ2n) is 5.30. The summed E-state index contributed by atoms with van der Waals surface area (Å²) >= 11 is 1.38. The van der Waals surface area contributed by atoms with Gasteiger partial charge in [-0.2, -0.15) is 0 Å². The Hall–Kier alpha value is -2.93. The monoisotopic (exact) mass is 339 g/mol. The molecule has 0 atom stereocenters. The molecule has 0 aliphatic carbocycles. The summed E-state index contributed by atoms with van der Waals surface area (Å²) in [4.78, 5) is 14.6. The molecule has 3 rings (SSSR count). The van der Waals surface area contributed by atoms with Crippen molar-refractivity contribution >= 4 is 40.3 Å². The van der Waals surface area contributed by atoms with E-state index in [1.54, 1.807) is 18.2 Å². The Balaban J connectivity index is 1.63. The van der Waals surface area contributed by atoms with Gasteiger partial charge >= 0.3 is 0 Å². The number of nitrogens with one attached hydrogen (secondary N) is 2. The first-order chi connectivity index (χ1) is 11.6. The number of rotatable bonds is 5. The van der Waals surface area contributed by atoms with Gasteiger partial charge in [-0.3, -0.25) is 4.79 Å². The number of nitrogens with zero attached hydrogens (tertiary/aromatic N) is 3. The fourth-order valence-corrected chi connectivity index (χ4v) is 2.66. The van der Waals surface area contributed by atoms with Crippen LogP contribution in [0.1, 0.15) is 9.67 Å². The minimum absolute atomic E-state index is 0.181. The fraction of sp³-hybridized carbons (Fsp3) is 0.118. The third-order valence-corrected chi connectivity index (χ3v) is 4.18. The molecular weight excluding hydrogens is 322 g/mol. The van der Waals surface area contributed by atoms with Crippen LogP contribution in [0.15, 0.2) is 53.9 Å². The fourth-order valence-electron chi connectivity index (χ4n) is 2.04. The number of amides is 1. The highest BCUT2D eigenvalue weighted by Gasteiger charge is 2.08. The van der Waals surface area contributed by atoms with Crippen molar-refractivity contribution in [2.45, 2.75) is 0 Å². The van der Waals surface area contributed by atoms with Crippen LogP contribution in [0.5, 0.6) is 0 Å². The second-order valence-corrected chi connectivity index (χ2v) is 6.25. The Morgan fingerprint density at radius 1 is 1.00 bits per heavy atom. The van der Waals surface area contributed by atoms with Crippen LogP contribution >= 0.6 is 11.3 Å². The Labute approximate surface area is 144 Å². The highest BCUT2D eigenvalue weighted by molar-refractivity contribution is 7.12. The zero-order chi connectivity index (χ0) is 16.9. The average molecular weight is 339 g/mol. The molecule has 2 N–H and O–H groups in total. The van der Waals surface area contributed by atoms with E-state index in [9.17, 15) is 4.79 Å². The highest BCUT2D eigenvalue weighted by Crippen LogP contribution is 2.19. The molecule has 1 amide bonds. The van der Waals surface area contributed by atoms with Gasteiger partial charge in [-0.1, -0.05) is 6.07 Å². The van der Waals surface area contributed by atoms with Crippen LogP contribution in [-0.4, -0.2) is 30.2 Å². The first kappa shape index (κ1) is 15.9. The molecule has 0 spiro atoms. The highest BCUT2D eigenvalue weighted by atomic mass is 32.1. The lowest BCUT2D eigenvalue weighted by atomic mass is 10.2. The predicted octanol–water partition coefficient (Wildman–Crippen LogP) is 3.60. The van der Waals surface area contributed by atoms with Gasteiger partial charge in [0.2, 0.25) is 0 Å². The lowest BCUT2D eigenvalue weighted by Gasteiger charge is -2.13. The van der Waals surface area contributed by atoms with E-state index in [2.05, 4.69) is 20.8 Å². The third kappa shape index (κ3) is 3.88. The molecule has 0 aliphatic heterocycles. The van der Waals surface area contributed by atoms with Gasteiger partial charge in [0.25, 0.3) is 5.91 Å². The van der Waals surface area contributed by atoms with E-state index < -0.39 is 0 Å². The molecule has 0 unspecified atom stereocenters. The molecule has 0 radical (unpaired) electrons. The minimum Gasteiger partial charge on any atom is -0.378 e. The number of hydrogen-bond donors (Lipinski definition) is 2. The average Bonchev–Trinajstić information content (AvgIpc) is 3.12. The van der Waals surface area contributed by atoms with E-state index in [1.165, 1.54) is 11.3 Å². The van der Waals surface area contributed by atoms with Crippen molar-refractivity contribution in [2.75, 3.05) is 29.6 Å². The van der Waals surface area contributed by atoms with Crippen LogP contribution in [0, 0.1) is 0 Å². The first-order valence-corrected chi connectivity index (χ1v) is 8.23. The van der Waals surface area contributed by atoms with Crippen LogP contribution < -0.4 is 15.5 Å². The molecule has 0 saturated carbocycles. The summed E-state index contributed by atoms with van der Waals surface area (Å²) < 4.78 is 0. The molecule has 0 aliphatic rings. The van der Waals surface area contributed by atoms with E-state index in [0.29, 0.717) is 16.5 Å². The van der Waals surface area contributed by atoms with E-state index in [-0.39, 0.29) is 5.91 Å².